The van der Waals surface area contributed by atoms with Crippen LogP contribution in [0.25, 0.3) is 0 Å². The van der Waals surface area contributed by atoms with Crippen LogP contribution in [-0.2, 0) is 19.0 Å². The van der Waals surface area contributed by atoms with Gasteiger partial charge in [-0.3, -0.25) is 10.1 Å². The van der Waals surface area contributed by atoms with Gasteiger partial charge in [-0.15, -0.1) is 0 Å². The molecule has 0 spiro atoms. The Morgan fingerprint density at radius 3 is 2.63 bits per heavy atom. The van der Waals surface area contributed by atoms with E-state index >= 15 is 0 Å². The summed E-state index contributed by atoms with van der Waals surface area (Å²) in [5.41, 5.74) is -1.60. The van der Waals surface area contributed by atoms with Crippen molar-refractivity contribution in [2.75, 3.05) is 19.8 Å². The third-order valence-corrected chi connectivity index (χ3v) is 4.06. The lowest BCUT2D eigenvalue weighted by atomic mass is 9.78. The lowest BCUT2D eigenvalue weighted by molar-refractivity contribution is -0.249. The number of rotatable bonds is 2. The van der Waals surface area contributed by atoms with E-state index in [2.05, 4.69) is 10.6 Å². The molecule has 0 radical (unpaired) electrons. The molecule has 3 unspecified atom stereocenters. The quantitative estimate of drug-likeness (QED) is 0.579. The number of aliphatic hydroxyl groups is 1. The molecule has 0 aromatic rings. The van der Waals surface area contributed by atoms with Crippen LogP contribution >= 0.6 is 0 Å². The van der Waals surface area contributed by atoms with Crippen LogP contribution in [0.2, 0.25) is 0 Å². The first kappa shape index (κ1) is 13.3. The van der Waals surface area contributed by atoms with Gasteiger partial charge in [0.2, 0.25) is 5.91 Å². The van der Waals surface area contributed by atoms with Gasteiger partial charge < -0.3 is 24.6 Å². The molecule has 108 valence electrons. The molecule has 4 fully saturated rings. The van der Waals surface area contributed by atoms with Crippen LogP contribution in [0, 0.1) is 0 Å². The molecule has 4 saturated heterocycles. The molecule has 4 rings (SSSR count). The molecule has 0 saturated carbocycles. The van der Waals surface area contributed by atoms with Gasteiger partial charge in [0.25, 0.3) is 0 Å². The SMILES string of the molecule is CC(=O)N[C@@]12COC(CO)(CN1)C1OC(C)(C)OC12. The van der Waals surface area contributed by atoms with Crippen molar-refractivity contribution < 1.29 is 24.1 Å². The summed E-state index contributed by atoms with van der Waals surface area (Å²) in [4.78, 5) is 11.4. The number of piperidine rings is 1. The molecule has 4 aliphatic heterocycles. The van der Waals surface area contributed by atoms with Crippen LogP contribution in [0.3, 0.4) is 0 Å². The van der Waals surface area contributed by atoms with Crippen molar-refractivity contribution in [1.29, 1.82) is 0 Å². The first-order valence-electron chi connectivity index (χ1n) is 6.47. The van der Waals surface area contributed by atoms with Crippen molar-refractivity contribution in [2.24, 2.45) is 0 Å². The fourth-order valence-electron chi connectivity index (χ4n) is 3.19. The minimum atomic E-state index is -0.807. The van der Waals surface area contributed by atoms with E-state index in [1.165, 1.54) is 6.92 Å². The summed E-state index contributed by atoms with van der Waals surface area (Å²) in [5.74, 6) is -0.930. The predicted molar refractivity (Wildman–Crippen MR) is 64.1 cm³/mol. The maximum atomic E-state index is 11.4. The van der Waals surface area contributed by atoms with E-state index < -0.39 is 23.2 Å². The van der Waals surface area contributed by atoms with Crippen LogP contribution in [0.5, 0.6) is 0 Å². The first-order chi connectivity index (χ1) is 8.83. The highest BCUT2D eigenvalue weighted by molar-refractivity contribution is 5.74. The van der Waals surface area contributed by atoms with E-state index in [4.69, 9.17) is 14.2 Å². The molecule has 4 aliphatic rings. The highest BCUT2D eigenvalue weighted by Gasteiger charge is 2.68. The molecule has 4 atom stereocenters. The minimum absolute atomic E-state index is 0.156. The van der Waals surface area contributed by atoms with Gasteiger partial charge in [0.05, 0.1) is 13.2 Å². The monoisotopic (exact) mass is 272 g/mol. The van der Waals surface area contributed by atoms with Gasteiger partial charge in [0.15, 0.2) is 5.79 Å². The summed E-state index contributed by atoms with van der Waals surface area (Å²) in [6.45, 7) is 5.58. The highest BCUT2D eigenvalue weighted by Crippen LogP contribution is 2.46. The van der Waals surface area contributed by atoms with Crippen molar-refractivity contribution in [3.63, 3.8) is 0 Å². The lowest BCUT2D eigenvalue weighted by Gasteiger charge is -2.57. The fraction of sp³-hybridized carbons (Fsp3) is 0.917. The zero-order chi connectivity index (χ0) is 13.9. The third-order valence-electron chi connectivity index (χ3n) is 4.06. The molecule has 0 aromatic heterocycles. The maximum Gasteiger partial charge on any atom is 0.218 e. The predicted octanol–water partition coefficient (Wildman–Crippen LogP) is -1.30. The van der Waals surface area contributed by atoms with Crippen molar-refractivity contribution in [3.05, 3.63) is 0 Å². The van der Waals surface area contributed by atoms with Crippen LogP contribution in [0.15, 0.2) is 0 Å². The number of hydrogen-bond donors (Lipinski definition) is 3. The Morgan fingerprint density at radius 2 is 2.11 bits per heavy atom. The number of fused-ring (bicyclic) bond motifs is 2. The molecule has 4 heterocycles. The van der Waals surface area contributed by atoms with E-state index in [1.54, 1.807) is 0 Å². The van der Waals surface area contributed by atoms with Crippen LogP contribution in [0.4, 0.5) is 0 Å². The highest BCUT2D eigenvalue weighted by atomic mass is 16.8. The van der Waals surface area contributed by atoms with E-state index in [0.717, 1.165) is 0 Å². The second-order valence-corrected chi connectivity index (χ2v) is 5.99. The normalized spacial score (nSPS) is 46.9. The molecule has 0 aromatic carbocycles. The van der Waals surface area contributed by atoms with Gasteiger partial charge in [-0.25, -0.2) is 0 Å². The standard InChI is InChI=1S/C12H20N2O5/c1-7(16)14-12-6-17-11(5-15,4-13-12)8-9(12)19-10(2,3)18-8/h8-9,13,15H,4-6H2,1-3H3,(H,14,16)/t8?,9?,11?,12-/m1/s1. The van der Waals surface area contributed by atoms with Crippen molar-refractivity contribution in [1.82, 2.24) is 10.6 Å². The summed E-state index contributed by atoms with van der Waals surface area (Å²) in [6, 6.07) is 0. The number of nitrogens with one attached hydrogen (secondary N) is 2. The van der Waals surface area contributed by atoms with Crippen molar-refractivity contribution in [2.45, 2.75) is 50.0 Å². The molecule has 2 bridgehead atoms. The number of carbonyl (C=O) groups is 1. The molecule has 7 nitrogen and oxygen atoms in total. The van der Waals surface area contributed by atoms with Crippen LogP contribution < -0.4 is 10.6 Å². The molecule has 1 amide bonds. The molecule has 0 aliphatic carbocycles. The van der Waals surface area contributed by atoms with Crippen LogP contribution in [0.1, 0.15) is 20.8 Å². The zero-order valence-corrected chi connectivity index (χ0v) is 11.4. The smallest absolute Gasteiger partial charge is 0.218 e. The zero-order valence-electron chi connectivity index (χ0n) is 11.4. The molecule has 7 heteroatoms. The van der Waals surface area contributed by atoms with E-state index in [1.807, 2.05) is 13.8 Å². The Morgan fingerprint density at radius 1 is 1.42 bits per heavy atom. The lowest BCUT2D eigenvalue weighted by Crippen LogP contribution is -2.84. The average molecular weight is 272 g/mol. The van der Waals surface area contributed by atoms with E-state index in [0.29, 0.717) is 6.54 Å². The minimum Gasteiger partial charge on any atom is -0.393 e. The Balaban J connectivity index is 1.97. The maximum absolute atomic E-state index is 11.4. The number of morpholine rings is 1. The summed E-state index contributed by atoms with van der Waals surface area (Å²) in [6.07, 6.45) is -0.796. The van der Waals surface area contributed by atoms with Gasteiger partial charge in [-0.1, -0.05) is 0 Å². The Hall–Kier alpha value is -0.730. The number of aliphatic hydroxyl groups excluding tert-OH is 1. The Labute approximate surface area is 111 Å². The van der Waals surface area contributed by atoms with Gasteiger partial charge >= 0.3 is 0 Å². The van der Waals surface area contributed by atoms with Crippen LogP contribution in [-0.4, -0.2) is 60.0 Å². The topological polar surface area (TPSA) is 89.1 Å². The van der Waals surface area contributed by atoms with Gasteiger partial charge in [-0.2, -0.15) is 0 Å². The second kappa shape index (κ2) is 3.89. The van der Waals surface area contributed by atoms with Crippen molar-refractivity contribution in [3.8, 4) is 0 Å². The number of carbonyl (C=O) groups excluding carboxylic acids is 1. The summed E-state index contributed by atoms with van der Waals surface area (Å²) < 4.78 is 17.6. The molecular weight excluding hydrogens is 252 g/mol. The van der Waals surface area contributed by atoms with Gasteiger partial charge in [-0.05, 0) is 13.8 Å². The summed E-state index contributed by atoms with van der Waals surface area (Å²) >= 11 is 0. The number of ether oxygens (including phenoxy) is 3. The van der Waals surface area contributed by atoms with Gasteiger partial charge in [0.1, 0.15) is 23.5 Å². The van der Waals surface area contributed by atoms with E-state index in [9.17, 15) is 9.90 Å². The Bertz CT molecular complexity index is 403. The Kier molecular flexibility index (Phi) is 2.72. The molecule has 3 N–H and O–H groups in total. The van der Waals surface area contributed by atoms with E-state index in [-0.39, 0.29) is 25.2 Å². The second-order valence-electron chi connectivity index (χ2n) is 5.99. The molecule has 19 heavy (non-hydrogen) atoms. The largest absolute Gasteiger partial charge is 0.393 e. The first-order valence-corrected chi connectivity index (χ1v) is 6.47. The third kappa shape index (κ3) is 1.80. The number of hydrogen-bond acceptors (Lipinski definition) is 6. The fourth-order valence-corrected chi connectivity index (χ4v) is 3.19. The average Bonchev–Trinajstić information content (AvgIpc) is 2.67. The number of amides is 1. The van der Waals surface area contributed by atoms with Gasteiger partial charge in [0, 0.05) is 13.5 Å². The molecular formula is C12H20N2O5. The summed E-state index contributed by atoms with van der Waals surface area (Å²) in [5, 5.41) is 15.8. The summed E-state index contributed by atoms with van der Waals surface area (Å²) in [7, 11) is 0. The van der Waals surface area contributed by atoms with Crippen molar-refractivity contribution >= 4 is 5.91 Å².